The Morgan fingerprint density at radius 1 is 1.13 bits per heavy atom. The lowest BCUT2D eigenvalue weighted by molar-refractivity contribution is 0.0978. The van der Waals surface area contributed by atoms with E-state index in [0.717, 1.165) is 16.8 Å². The van der Waals surface area contributed by atoms with Crippen molar-refractivity contribution in [2.24, 2.45) is 0 Å². The minimum Gasteiger partial charge on any atom is -0.434 e. The lowest BCUT2D eigenvalue weighted by Crippen LogP contribution is -2.34. The zero-order valence-corrected chi connectivity index (χ0v) is 17.9. The van der Waals surface area contributed by atoms with Crippen LogP contribution in [0.3, 0.4) is 0 Å². The fraction of sp³-hybridized carbons (Fsp3) is 0.0476. The molecule has 0 unspecified atom stereocenters. The summed E-state index contributed by atoms with van der Waals surface area (Å²) in [5, 5.41) is 6.46. The van der Waals surface area contributed by atoms with Crippen LogP contribution in [0.2, 0.25) is 10.0 Å². The molecule has 0 saturated carbocycles. The average molecular weight is 457 g/mol. The summed E-state index contributed by atoms with van der Waals surface area (Å²) < 4.78 is 5.75. The summed E-state index contributed by atoms with van der Waals surface area (Å²) >= 11 is 17.2. The van der Waals surface area contributed by atoms with Crippen LogP contribution in [-0.2, 0) is 0 Å². The number of fused-ring (bicyclic) bond motifs is 1. The van der Waals surface area contributed by atoms with Gasteiger partial charge >= 0.3 is 0 Å². The molecule has 4 rings (SSSR count). The number of halogens is 2. The Morgan fingerprint density at radius 3 is 2.70 bits per heavy atom. The predicted octanol–water partition coefficient (Wildman–Crippen LogP) is 5.63. The first-order valence-electron chi connectivity index (χ1n) is 8.80. The molecule has 0 aliphatic heterocycles. The number of anilines is 1. The lowest BCUT2D eigenvalue weighted by atomic mass is 10.1. The Hall–Kier alpha value is -3.00. The standard InChI is InChI=1S/C21H14Cl2N4O2S/c1-11-9-12(20-26-18-17(29-20)3-2-8-24-18)4-7-16(11)25-21(30)27-19(28)14-6-5-13(22)10-15(14)23/h2-10H,1H3,(H2,25,27,28,30). The molecule has 0 radical (unpaired) electrons. The van der Waals surface area contributed by atoms with Gasteiger partial charge in [0, 0.05) is 22.5 Å². The second-order valence-corrected chi connectivity index (χ2v) is 7.66. The van der Waals surface area contributed by atoms with Crippen LogP contribution in [0, 0.1) is 6.92 Å². The third kappa shape index (κ3) is 4.28. The van der Waals surface area contributed by atoms with Crippen molar-refractivity contribution in [1.29, 1.82) is 0 Å². The molecule has 0 saturated heterocycles. The molecule has 9 heteroatoms. The maximum atomic E-state index is 12.4. The predicted molar refractivity (Wildman–Crippen MR) is 122 cm³/mol. The minimum atomic E-state index is -0.428. The van der Waals surface area contributed by atoms with Gasteiger partial charge in [-0.05, 0) is 73.2 Å². The van der Waals surface area contributed by atoms with Crippen molar-refractivity contribution in [2.75, 3.05) is 5.32 Å². The smallest absolute Gasteiger partial charge is 0.258 e. The fourth-order valence-electron chi connectivity index (χ4n) is 2.83. The normalized spacial score (nSPS) is 10.8. The second-order valence-electron chi connectivity index (χ2n) is 6.41. The van der Waals surface area contributed by atoms with E-state index >= 15 is 0 Å². The molecule has 2 heterocycles. The molecule has 0 aliphatic rings. The molecule has 4 aromatic rings. The van der Waals surface area contributed by atoms with E-state index in [2.05, 4.69) is 20.6 Å². The summed E-state index contributed by atoms with van der Waals surface area (Å²) in [5.74, 6) is 0.0500. The van der Waals surface area contributed by atoms with Crippen molar-refractivity contribution in [3.63, 3.8) is 0 Å². The van der Waals surface area contributed by atoms with Gasteiger partial charge < -0.3 is 9.73 Å². The van der Waals surface area contributed by atoms with Gasteiger partial charge in [-0.2, -0.15) is 4.98 Å². The number of pyridine rings is 1. The first-order chi connectivity index (χ1) is 14.4. The number of aryl methyl sites for hydroxylation is 1. The van der Waals surface area contributed by atoms with Gasteiger partial charge in [0.1, 0.15) is 0 Å². The van der Waals surface area contributed by atoms with Crippen molar-refractivity contribution in [2.45, 2.75) is 6.92 Å². The fourth-order valence-corrected chi connectivity index (χ4v) is 3.52. The monoisotopic (exact) mass is 456 g/mol. The van der Waals surface area contributed by atoms with Crippen molar-refractivity contribution < 1.29 is 9.21 Å². The van der Waals surface area contributed by atoms with Crippen LogP contribution < -0.4 is 10.6 Å². The summed E-state index contributed by atoms with van der Waals surface area (Å²) in [6.07, 6.45) is 1.67. The van der Waals surface area contributed by atoms with Crippen molar-refractivity contribution in [3.8, 4) is 11.5 Å². The van der Waals surface area contributed by atoms with E-state index in [-0.39, 0.29) is 15.7 Å². The molecular weight excluding hydrogens is 443 g/mol. The number of hydrogen-bond acceptors (Lipinski definition) is 5. The van der Waals surface area contributed by atoms with Crippen LogP contribution in [0.1, 0.15) is 15.9 Å². The molecule has 2 aromatic carbocycles. The molecule has 2 N–H and O–H groups in total. The Labute approximate surface area is 187 Å². The van der Waals surface area contributed by atoms with E-state index in [1.165, 1.54) is 12.1 Å². The quantitative estimate of drug-likeness (QED) is 0.388. The number of carbonyl (C=O) groups is 1. The number of hydrogen-bond donors (Lipinski definition) is 2. The van der Waals surface area contributed by atoms with Crippen LogP contribution in [0.25, 0.3) is 22.7 Å². The van der Waals surface area contributed by atoms with Gasteiger partial charge in [-0.3, -0.25) is 10.1 Å². The zero-order valence-electron chi connectivity index (χ0n) is 15.6. The molecule has 0 spiro atoms. The number of rotatable bonds is 3. The van der Waals surface area contributed by atoms with Gasteiger partial charge in [-0.1, -0.05) is 23.2 Å². The number of nitrogens with one attached hydrogen (secondary N) is 2. The third-order valence-corrected chi connectivity index (χ3v) is 5.04. The molecular formula is C21H14Cl2N4O2S. The highest BCUT2D eigenvalue weighted by Gasteiger charge is 2.14. The molecule has 0 bridgehead atoms. The van der Waals surface area contributed by atoms with E-state index in [1.807, 2.05) is 31.2 Å². The summed E-state index contributed by atoms with van der Waals surface area (Å²) in [5.41, 5.74) is 3.89. The molecule has 150 valence electrons. The van der Waals surface area contributed by atoms with E-state index in [4.69, 9.17) is 39.8 Å². The van der Waals surface area contributed by atoms with Crippen LogP contribution in [0.15, 0.2) is 59.1 Å². The summed E-state index contributed by atoms with van der Waals surface area (Å²) in [6, 6.07) is 13.8. The van der Waals surface area contributed by atoms with E-state index < -0.39 is 5.91 Å². The summed E-state index contributed by atoms with van der Waals surface area (Å²) in [4.78, 5) is 21.0. The number of thiocarbonyl (C=S) groups is 1. The first-order valence-corrected chi connectivity index (χ1v) is 9.97. The topological polar surface area (TPSA) is 80.1 Å². The molecule has 0 aliphatic carbocycles. The van der Waals surface area contributed by atoms with Crippen LogP contribution in [0.5, 0.6) is 0 Å². The SMILES string of the molecule is Cc1cc(-c2nc3ncccc3o2)ccc1NC(=S)NC(=O)c1ccc(Cl)cc1Cl. The Morgan fingerprint density at radius 2 is 1.97 bits per heavy atom. The van der Waals surface area contributed by atoms with Gasteiger partial charge in [0.2, 0.25) is 5.89 Å². The summed E-state index contributed by atoms with van der Waals surface area (Å²) in [6.45, 7) is 1.91. The second kappa shape index (κ2) is 8.39. The first kappa shape index (κ1) is 20.3. The number of amides is 1. The van der Waals surface area contributed by atoms with Crippen LogP contribution in [-0.4, -0.2) is 21.0 Å². The molecule has 0 fully saturated rings. The average Bonchev–Trinajstić information content (AvgIpc) is 3.13. The molecule has 0 atom stereocenters. The van der Waals surface area contributed by atoms with E-state index in [9.17, 15) is 4.79 Å². The van der Waals surface area contributed by atoms with Gasteiger partial charge in [-0.15, -0.1) is 0 Å². The van der Waals surface area contributed by atoms with Crippen molar-refractivity contribution >= 4 is 63.4 Å². The Balaban J connectivity index is 1.48. The molecule has 1 amide bonds. The molecule has 2 aromatic heterocycles. The minimum absolute atomic E-state index is 0.146. The zero-order chi connectivity index (χ0) is 21.3. The largest absolute Gasteiger partial charge is 0.434 e. The van der Waals surface area contributed by atoms with Crippen molar-refractivity contribution in [3.05, 3.63) is 75.9 Å². The highest BCUT2D eigenvalue weighted by atomic mass is 35.5. The third-order valence-electron chi connectivity index (χ3n) is 4.29. The number of nitrogens with zero attached hydrogens (tertiary/aromatic N) is 2. The van der Waals surface area contributed by atoms with Gasteiger partial charge in [0.15, 0.2) is 16.3 Å². The van der Waals surface area contributed by atoms with Crippen LogP contribution >= 0.6 is 35.4 Å². The number of aromatic nitrogens is 2. The highest BCUT2D eigenvalue weighted by molar-refractivity contribution is 7.80. The van der Waals surface area contributed by atoms with Gasteiger partial charge in [-0.25, -0.2) is 4.98 Å². The van der Waals surface area contributed by atoms with Crippen LogP contribution in [0.4, 0.5) is 5.69 Å². The summed E-state index contributed by atoms with van der Waals surface area (Å²) in [7, 11) is 0. The van der Waals surface area contributed by atoms with Gasteiger partial charge in [0.25, 0.3) is 5.91 Å². The number of carbonyl (C=O) groups excluding carboxylic acids is 1. The van der Waals surface area contributed by atoms with E-state index in [0.29, 0.717) is 22.1 Å². The molecule has 6 nitrogen and oxygen atoms in total. The van der Waals surface area contributed by atoms with Crippen molar-refractivity contribution in [1.82, 2.24) is 15.3 Å². The highest BCUT2D eigenvalue weighted by Crippen LogP contribution is 2.27. The number of oxazole rings is 1. The molecule has 30 heavy (non-hydrogen) atoms. The Bertz CT molecular complexity index is 1260. The number of benzene rings is 2. The van der Waals surface area contributed by atoms with E-state index in [1.54, 1.807) is 18.3 Å². The maximum absolute atomic E-state index is 12.4. The lowest BCUT2D eigenvalue weighted by Gasteiger charge is -2.13. The van der Waals surface area contributed by atoms with Gasteiger partial charge in [0.05, 0.1) is 10.6 Å². The Kier molecular flexibility index (Phi) is 5.67. The maximum Gasteiger partial charge on any atom is 0.258 e.